The second-order valence-electron chi connectivity index (χ2n) is 5.42. The number of benzene rings is 1. The zero-order valence-corrected chi connectivity index (χ0v) is 12.5. The number of allylic oxidation sites excluding steroid dienone is 2. The molecule has 0 N–H and O–H groups in total. The normalized spacial score (nSPS) is 17.6. The Labute approximate surface area is 132 Å². The fraction of sp³-hybridized carbons (Fsp3) is 0.312. The molecule has 1 aliphatic rings. The Morgan fingerprint density at radius 1 is 1.25 bits per heavy atom. The number of nitrogens with zero attached hydrogens (tertiary/aromatic N) is 1. The summed E-state index contributed by atoms with van der Waals surface area (Å²) < 4.78 is 5.27. The van der Waals surface area contributed by atoms with Crippen LogP contribution in [0.25, 0.3) is 0 Å². The van der Waals surface area contributed by atoms with E-state index in [1.807, 2.05) is 51.1 Å². The number of rotatable bonds is 1. The van der Waals surface area contributed by atoms with Gasteiger partial charge in [-0.2, -0.15) is 0 Å². The molecule has 0 saturated heterocycles. The van der Waals surface area contributed by atoms with Crippen LogP contribution >= 0.6 is 0 Å². The molecule has 0 aromatic heterocycles. The predicted octanol–water partition coefficient (Wildman–Crippen LogP) is 0.855. The van der Waals surface area contributed by atoms with Crippen molar-refractivity contribution in [3.05, 3.63) is 60.4 Å². The van der Waals surface area contributed by atoms with Crippen molar-refractivity contribution in [1.29, 1.82) is 0 Å². The maximum Gasteiger partial charge on any atom is 1.00 e. The molecule has 0 aliphatic carbocycles. The minimum atomic E-state index is -0.497. The number of carbonyl (C=O) groups excluding carboxylic acids is 1. The molecule has 1 atom stereocenters. The molecular formula is C16H18LiNO2. The van der Waals surface area contributed by atoms with E-state index < -0.39 is 11.7 Å². The third-order valence-corrected chi connectivity index (χ3v) is 2.61. The van der Waals surface area contributed by atoms with Gasteiger partial charge in [0, 0.05) is 5.92 Å². The summed E-state index contributed by atoms with van der Waals surface area (Å²) in [6.07, 6.45) is 8.04. The van der Waals surface area contributed by atoms with Crippen LogP contribution in [0.4, 0.5) is 4.79 Å². The van der Waals surface area contributed by atoms with E-state index in [-0.39, 0.29) is 24.8 Å². The second-order valence-corrected chi connectivity index (χ2v) is 5.42. The number of hydrogen-bond acceptors (Lipinski definition) is 2. The Morgan fingerprint density at radius 3 is 2.40 bits per heavy atom. The van der Waals surface area contributed by atoms with Crippen LogP contribution in [0.15, 0.2) is 48.7 Å². The molecule has 1 heterocycles. The van der Waals surface area contributed by atoms with E-state index >= 15 is 0 Å². The molecule has 0 fully saturated rings. The van der Waals surface area contributed by atoms with Crippen molar-refractivity contribution in [3.63, 3.8) is 0 Å². The molecule has 100 valence electrons. The van der Waals surface area contributed by atoms with Gasteiger partial charge in [-0.3, -0.25) is 0 Å². The van der Waals surface area contributed by atoms with Crippen LogP contribution in [0.2, 0.25) is 0 Å². The Bertz CT molecular complexity index is 489. The summed E-state index contributed by atoms with van der Waals surface area (Å²) in [6, 6.07) is 10.1. The van der Waals surface area contributed by atoms with Crippen LogP contribution in [0, 0.1) is 6.20 Å². The summed E-state index contributed by atoms with van der Waals surface area (Å²) in [5.41, 5.74) is 0.679. The molecule has 3 nitrogen and oxygen atoms in total. The first-order chi connectivity index (χ1) is 8.96. The Hall–Kier alpha value is -1.43. The predicted molar refractivity (Wildman–Crippen MR) is 74.2 cm³/mol. The van der Waals surface area contributed by atoms with Crippen LogP contribution in [-0.4, -0.2) is 16.6 Å². The van der Waals surface area contributed by atoms with Gasteiger partial charge in [-0.15, -0.1) is 12.2 Å². The van der Waals surface area contributed by atoms with Crippen molar-refractivity contribution >= 4 is 6.09 Å². The average Bonchev–Trinajstić information content (AvgIpc) is 2.38. The molecule has 0 bridgehead atoms. The van der Waals surface area contributed by atoms with Gasteiger partial charge in [0.15, 0.2) is 0 Å². The Morgan fingerprint density at radius 2 is 1.90 bits per heavy atom. The zero-order chi connectivity index (χ0) is 13.9. The largest absolute Gasteiger partial charge is 1.00 e. The molecule has 0 spiro atoms. The maximum atomic E-state index is 11.8. The van der Waals surface area contributed by atoms with Crippen molar-refractivity contribution in [3.8, 4) is 0 Å². The summed E-state index contributed by atoms with van der Waals surface area (Å²) in [5, 5.41) is 0. The molecule has 1 amide bonds. The van der Waals surface area contributed by atoms with E-state index in [4.69, 9.17) is 4.74 Å². The standard InChI is InChI=1S/C16H18NO2.Li/c1-16(2,3)19-15(18)17-11-9-14(10-12-17)13-7-5-4-6-8-13;/h4-11,14H,1-3H3;/q-1;+1. The molecule has 2 rings (SSSR count). The first-order valence-electron chi connectivity index (χ1n) is 6.31. The van der Waals surface area contributed by atoms with E-state index in [0.717, 1.165) is 0 Å². The van der Waals surface area contributed by atoms with Crippen LogP contribution in [0.1, 0.15) is 32.3 Å². The minimum Gasteiger partial charge on any atom is -0.502 e. The molecule has 4 heteroatoms. The van der Waals surface area contributed by atoms with Crippen LogP contribution < -0.4 is 18.9 Å². The van der Waals surface area contributed by atoms with E-state index in [1.54, 1.807) is 6.20 Å². The quantitative estimate of drug-likeness (QED) is 0.555. The number of carbonyl (C=O) groups is 1. The number of amides is 1. The van der Waals surface area contributed by atoms with Gasteiger partial charge in [0.2, 0.25) is 0 Å². The van der Waals surface area contributed by atoms with Crippen LogP contribution in [0.5, 0.6) is 0 Å². The van der Waals surface area contributed by atoms with E-state index in [1.165, 1.54) is 10.5 Å². The number of hydrogen-bond donors (Lipinski definition) is 0. The van der Waals surface area contributed by atoms with Gasteiger partial charge in [0.05, 0.1) is 5.60 Å². The molecular weight excluding hydrogens is 245 g/mol. The van der Waals surface area contributed by atoms with Gasteiger partial charge in [-0.1, -0.05) is 42.7 Å². The summed E-state index contributed by atoms with van der Waals surface area (Å²) in [5.74, 6) is 0.153. The van der Waals surface area contributed by atoms with Crippen molar-refractivity contribution in [2.24, 2.45) is 0 Å². The topological polar surface area (TPSA) is 29.5 Å². The van der Waals surface area contributed by atoms with Gasteiger partial charge >= 0.3 is 18.9 Å². The third-order valence-electron chi connectivity index (χ3n) is 2.61. The smallest absolute Gasteiger partial charge is 0.502 e. The third kappa shape index (κ3) is 4.59. The SMILES string of the molecule is CC(C)(C)OC(=O)N1[C-]=CC(c2ccccc2)C=C1.[Li+]. The number of ether oxygens (including phenoxy) is 1. The first-order valence-corrected chi connectivity index (χ1v) is 6.31. The fourth-order valence-corrected chi connectivity index (χ4v) is 1.75. The zero-order valence-electron chi connectivity index (χ0n) is 12.5. The van der Waals surface area contributed by atoms with E-state index in [0.29, 0.717) is 0 Å². The molecule has 0 radical (unpaired) electrons. The molecule has 20 heavy (non-hydrogen) atoms. The van der Waals surface area contributed by atoms with Gasteiger partial charge in [-0.05, 0) is 26.3 Å². The van der Waals surface area contributed by atoms with Crippen LogP contribution in [-0.2, 0) is 4.74 Å². The van der Waals surface area contributed by atoms with Gasteiger partial charge < -0.3 is 14.4 Å². The summed E-state index contributed by atoms with van der Waals surface area (Å²) >= 11 is 0. The van der Waals surface area contributed by atoms with E-state index in [2.05, 4.69) is 18.3 Å². The second kappa shape index (κ2) is 6.83. The molecule has 1 aliphatic heterocycles. The summed E-state index contributed by atoms with van der Waals surface area (Å²) in [4.78, 5) is 13.2. The Kier molecular flexibility index (Phi) is 5.68. The average molecular weight is 263 g/mol. The maximum absolute atomic E-state index is 11.8. The van der Waals surface area contributed by atoms with Gasteiger partial charge in [0.1, 0.15) is 0 Å². The fourth-order valence-electron chi connectivity index (χ4n) is 1.75. The van der Waals surface area contributed by atoms with Crippen molar-refractivity contribution in [1.82, 2.24) is 4.90 Å². The van der Waals surface area contributed by atoms with Gasteiger partial charge in [0.25, 0.3) is 6.09 Å². The molecule has 1 aromatic carbocycles. The molecule has 1 unspecified atom stereocenters. The molecule has 1 aromatic rings. The Balaban J connectivity index is 0.00000200. The summed E-state index contributed by atoms with van der Waals surface area (Å²) in [7, 11) is 0. The van der Waals surface area contributed by atoms with Crippen molar-refractivity contribution < 1.29 is 28.4 Å². The monoisotopic (exact) mass is 263 g/mol. The first kappa shape index (κ1) is 16.6. The van der Waals surface area contributed by atoms with Crippen molar-refractivity contribution in [2.75, 3.05) is 0 Å². The minimum absolute atomic E-state index is 0. The van der Waals surface area contributed by atoms with E-state index in [9.17, 15) is 4.79 Å². The summed E-state index contributed by atoms with van der Waals surface area (Å²) in [6.45, 7) is 5.53. The van der Waals surface area contributed by atoms with Gasteiger partial charge in [-0.25, -0.2) is 0 Å². The van der Waals surface area contributed by atoms with Crippen molar-refractivity contribution in [2.45, 2.75) is 32.3 Å². The molecule has 0 saturated carbocycles. The van der Waals surface area contributed by atoms with Crippen LogP contribution in [0.3, 0.4) is 0 Å².